The molecular formula is C15H27N3O5S. The molecule has 2 aliphatic heterocycles. The zero-order valence-electron chi connectivity index (χ0n) is 14.4. The van der Waals surface area contributed by atoms with E-state index in [1.54, 1.807) is 11.8 Å². The molecule has 0 aromatic carbocycles. The Morgan fingerprint density at radius 1 is 1.08 bits per heavy atom. The van der Waals surface area contributed by atoms with E-state index in [4.69, 9.17) is 4.74 Å². The molecule has 0 saturated carbocycles. The van der Waals surface area contributed by atoms with Crippen molar-refractivity contribution >= 4 is 22.0 Å². The summed E-state index contributed by atoms with van der Waals surface area (Å²) in [5.41, 5.74) is 0. The molecule has 2 fully saturated rings. The van der Waals surface area contributed by atoms with Gasteiger partial charge in [0.2, 0.25) is 15.9 Å². The molecule has 0 spiro atoms. The van der Waals surface area contributed by atoms with Crippen LogP contribution < -0.4 is 5.32 Å². The number of piperidine rings is 2. The maximum Gasteiger partial charge on any atom is 0.409 e. The van der Waals surface area contributed by atoms with Gasteiger partial charge in [0.15, 0.2) is 0 Å². The van der Waals surface area contributed by atoms with Crippen LogP contribution in [0.5, 0.6) is 0 Å². The minimum atomic E-state index is -3.17. The summed E-state index contributed by atoms with van der Waals surface area (Å²) in [4.78, 5) is 25.7. The summed E-state index contributed by atoms with van der Waals surface area (Å²) in [7, 11) is -3.17. The summed E-state index contributed by atoms with van der Waals surface area (Å²) >= 11 is 0. The van der Waals surface area contributed by atoms with Crippen LogP contribution in [0.15, 0.2) is 0 Å². The molecule has 0 radical (unpaired) electrons. The number of ether oxygens (including phenoxy) is 1. The summed E-state index contributed by atoms with van der Waals surface area (Å²) in [5.74, 6) is -0.135. The lowest BCUT2D eigenvalue weighted by atomic mass is 9.96. The third-order valence-electron chi connectivity index (χ3n) is 4.66. The number of nitrogens with one attached hydrogen (secondary N) is 1. The fourth-order valence-corrected chi connectivity index (χ4v) is 4.06. The maximum absolute atomic E-state index is 12.4. The van der Waals surface area contributed by atoms with Crippen molar-refractivity contribution in [3.63, 3.8) is 0 Å². The highest BCUT2D eigenvalue weighted by Gasteiger charge is 2.31. The first-order chi connectivity index (χ1) is 11.3. The first-order valence-corrected chi connectivity index (χ1v) is 10.3. The Bertz CT molecular complexity index is 549. The monoisotopic (exact) mass is 361 g/mol. The highest BCUT2D eigenvalue weighted by Crippen LogP contribution is 2.20. The number of hydrogen-bond acceptors (Lipinski definition) is 5. The van der Waals surface area contributed by atoms with E-state index in [0.29, 0.717) is 58.5 Å². The zero-order chi connectivity index (χ0) is 17.7. The first kappa shape index (κ1) is 19.0. The van der Waals surface area contributed by atoms with Crippen molar-refractivity contribution in [3.05, 3.63) is 0 Å². The summed E-state index contributed by atoms with van der Waals surface area (Å²) < 4.78 is 29.4. The number of hydrogen-bond donors (Lipinski definition) is 1. The van der Waals surface area contributed by atoms with Crippen LogP contribution in [0.2, 0.25) is 0 Å². The van der Waals surface area contributed by atoms with E-state index >= 15 is 0 Å². The van der Waals surface area contributed by atoms with Gasteiger partial charge in [-0.05, 0) is 32.6 Å². The first-order valence-electron chi connectivity index (χ1n) is 8.48. The summed E-state index contributed by atoms with van der Waals surface area (Å²) in [6.07, 6.45) is 3.45. The van der Waals surface area contributed by atoms with E-state index < -0.39 is 10.0 Å². The molecule has 138 valence electrons. The second kappa shape index (κ2) is 8.15. The number of rotatable bonds is 4. The van der Waals surface area contributed by atoms with Crippen LogP contribution >= 0.6 is 0 Å². The van der Waals surface area contributed by atoms with Gasteiger partial charge in [-0.3, -0.25) is 4.79 Å². The standard InChI is InChI=1S/C15H27N3O5S/c1-3-23-15(20)17-8-6-13(7-9-17)16-14(19)12-4-10-18(11-5-12)24(2,21)22/h12-13H,3-11H2,1-2H3,(H,16,19). The molecule has 2 saturated heterocycles. The van der Waals surface area contributed by atoms with Crippen LogP contribution in [0.3, 0.4) is 0 Å². The highest BCUT2D eigenvalue weighted by molar-refractivity contribution is 7.88. The Hall–Kier alpha value is -1.35. The van der Waals surface area contributed by atoms with Crippen LogP contribution in [0.1, 0.15) is 32.6 Å². The predicted octanol–water partition coefficient (Wildman–Crippen LogP) is 0.395. The van der Waals surface area contributed by atoms with Crippen molar-refractivity contribution in [1.82, 2.24) is 14.5 Å². The second-order valence-corrected chi connectivity index (χ2v) is 8.39. The van der Waals surface area contributed by atoms with Crippen molar-refractivity contribution in [3.8, 4) is 0 Å². The van der Waals surface area contributed by atoms with Gasteiger partial charge in [0.25, 0.3) is 0 Å². The minimum absolute atomic E-state index is 0.00210. The van der Waals surface area contributed by atoms with Crippen molar-refractivity contribution < 1.29 is 22.7 Å². The average molecular weight is 361 g/mol. The molecule has 0 aromatic heterocycles. The van der Waals surface area contributed by atoms with Gasteiger partial charge in [-0.2, -0.15) is 0 Å². The third-order valence-corrected chi connectivity index (χ3v) is 5.96. The van der Waals surface area contributed by atoms with Crippen LogP contribution in [0.4, 0.5) is 4.79 Å². The fraction of sp³-hybridized carbons (Fsp3) is 0.867. The number of carbonyl (C=O) groups excluding carboxylic acids is 2. The Balaban J connectivity index is 1.73. The van der Waals surface area contributed by atoms with Gasteiger partial charge >= 0.3 is 6.09 Å². The van der Waals surface area contributed by atoms with E-state index in [2.05, 4.69) is 5.32 Å². The van der Waals surface area contributed by atoms with Crippen LogP contribution in [0, 0.1) is 5.92 Å². The molecule has 24 heavy (non-hydrogen) atoms. The van der Waals surface area contributed by atoms with Gasteiger partial charge in [0.1, 0.15) is 0 Å². The maximum atomic E-state index is 12.4. The fourth-order valence-electron chi connectivity index (χ4n) is 3.19. The van der Waals surface area contributed by atoms with Crippen LogP contribution in [0.25, 0.3) is 0 Å². The van der Waals surface area contributed by atoms with Crippen LogP contribution in [-0.2, 0) is 19.6 Å². The smallest absolute Gasteiger partial charge is 0.409 e. The molecule has 0 bridgehead atoms. The molecule has 2 amide bonds. The molecule has 0 atom stereocenters. The molecule has 0 aliphatic carbocycles. The number of likely N-dealkylation sites (tertiary alicyclic amines) is 1. The molecule has 0 unspecified atom stereocenters. The Kier molecular flexibility index (Phi) is 6.45. The largest absolute Gasteiger partial charge is 0.450 e. The Morgan fingerprint density at radius 2 is 1.67 bits per heavy atom. The van der Waals surface area contributed by atoms with Gasteiger partial charge in [-0.25, -0.2) is 17.5 Å². The predicted molar refractivity (Wildman–Crippen MR) is 88.9 cm³/mol. The SMILES string of the molecule is CCOC(=O)N1CCC(NC(=O)C2CCN(S(C)(=O)=O)CC2)CC1. The van der Waals surface area contributed by atoms with Crippen molar-refractivity contribution in [2.75, 3.05) is 39.0 Å². The van der Waals surface area contributed by atoms with Gasteiger partial charge in [-0.15, -0.1) is 0 Å². The topological polar surface area (TPSA) is 96.0 Å². The summed E-state index contributed by atoms with van der Waals surface area (Å²) in [6.45, 7) is 4.10. The lowest BCUT2D eigenvalue weighted by molar-refractivity contribution is -0.127. The Morgan fingerprint density at radius 3 is 2.17 bits per heavy atom. The van der Waals surface area contributed by atoms with Gasteiger partial charge in [-0.1, -0.05) is 0 Å². The van der Waals surface area contributed by atoms with Gasteiger partial charge in [0, 0.05) is 38.1 Å². The zero-order valence-corrected chi connectivity index (χ0v) is 15.2. The molecule has 0 aromatic rings. The van der Waals surface area contributed by atoms with Crippen molar-refractivity contribution in [1.29, 1.82) is 0 Å². The third kappa shape index (κ3) is 5.07. The van der Waals surface area contributed by atoms with E-state index in [-0.39, 0.29) is 24.0 Å². The Labute approximate surface area is 143 Å². The summed E-state index contributed by atoms with van der Waals surface area (Å²) in [6, 6.07) is 0.0658. The minimum Gasteiger partial charge on any atom is -0.450 e. The molecule has 2 aliphatic rings. The number of carbonyl (C=O) groups is 2. The molecule has 8 nitrogen and oxygen atoms in total. The number of nitrogens with zero attached hydrogens (tertiary/aromatic N) is 2. The number of sulfonamides is 1. The molecule has 2 rings (SSSR count). The summed E-state index contributed by atoms with van der Waals surface area (Å²) in [5, 5.41) is 3.05. The molecule has 9 heteroatoms. The average Bonchev–Trinajstić information content (AvgIpc) is 2.55. The van der Waals surface area contributed by atoms with E-state index in [1.165, 1.54) is 10.6 Å². The highest BCUT2D eigenvalue weighted by atomic mass is 32.2. The molecule has 2 heterocycles. The van der Waals surface area contributed by atoms with E-state index in [9.17, 15) is 18.0 Å². The van der Waals surface area contributed by atoms with Crippen molar-refractivity contribution in [2.45, 2.75) is 38.6 Å². The second-order valence-electron chi connectivity index (χ2n) is 6.41. The van der Waals surface area contributed by atoms with Crippen LogP contribution in [-0.4, -0.2) is 74.7 Å². The molecule has 1 N–H and O–H groups in total. The lowest BCUT2D eigenvalue weighted by Crippen LogP contribution is -2.49. The number of amides is 2. The lowest BCUT2D eigenvalue weighted by Gasteiger charge is -2.34. The van der Waals surface area contributed by atoms with E-state index in [0.717, 1.165) is 0 Å². The normalized spacial score (nSPS) is 21.5. The van der Waals surface area contributed by atoms with Gasteiger partial charge < -0.3 is 15.0 Å². The van der Waals surface area contributed by atoms with Gasteiger partial charge in [0.05, 0.1) is 12.9 Å². The molecular weight excluding hydrogens is 334 g/mol. The quantitative estimate of drug-likeness (QED) is 0.782. The van der Waals surface area contributed by atoms with Crippen molar-refractivity contribution in [2.24, 2.45) is 5.92 Å². The van der Waals surface area contributed by atoms with E-state index in [1.807, 2.05) is 0 Å².